The van der Waals surface area contributed by atoms with Crippen molar-refractivity contribution in [2.24, 2.45) is 0 Å². The predicted molar refractivity (Wildman–Crippen MR) is 78.2 cm³/mol. The summed E-state index contributed by atoms with van der Waals surface area (Å²) >= 11 is 0. The lowest BCUT2D eigenvalue weighted by molar-refractivity contribution is 0.0589. The van der Waals surface area contributed by atoms with Crippen LogP contribution >= 0.6 is 0 Å². The van der Waals surface area contributed by atoms with Crippen LogP contribution in [0.2, 0.25) is 0 Å². The van der Waals surface area contributed by atoms with Crippen LogP contribution in [0.15, 0.2) is 12.3 Å². The predicted octanol–water partition coefficient (Wildman–Crippen LogP) is 1.90. The number of esters is 1. The molecule has 1 saturated heterocycles. The topological polar surface area (TPSA) is 84.2 Å². The standard InChI is InChI=1S/C13H15N3O3.C2H6/c1-18-13(17)11-9(7-14)4-6-16-12(11)19-10-3-2-5-15-8-10;1-2/h4,6,10,15H,2-3,5,8H2,1H3;1-2H3/t10-;/m1./s1. The van der Waals surface area contributed by atoms with Crippen molar-refractivity contribution in [2.75, 3.05) is 20.2 Å². The van der Waals surface area contributed by atoms with E-state index in [1.54, 1.807) is 0 Å². The van der Waals surface area contributed by atoms with Gasteiger partial charge in [0.05, 0.1) is 12.7 Å². The van der Waals surface area contributed by atoms with E-state index in [0.717, 1.165) is 19.4 Å². The summed E-state index contributed by atoms with van der Waals surface area (Å²) in [4.78, 5) is 15.8. The fourth-order valence-electron chi connectivity index (χ4n) is 2.00. The van der Waals surface area contributed by atoms with Crippen molar-refractivity contribution in [1.29, 1.82) is 5.26 Å². The largest absolute Gasteiger partial charge is 0.472 e. The highest BCUT2D eigenvalue weighted by atomic mass is 16.5. The van der Waals surface area contributed by atoms with Gasteiger partial charge in [-0.15, -0.1) is 0 Å². The molecule has 0 saturated carbocycles. The quantitative estimate of drug-likeness (QED) is 0.856. The molecule has 0 bridgehead atoms. The fraction of sp³-hybridized carbons (Fsp3) is 0.533. The van der Waals surface area contributed by atoms with E-state index in [-0.39, 0.29) is 23.1 Å². The number of piperidine rings is 1. The molecule has 1 aromatic rings. The number of aromatic nitrogens is 1. The summed E-state index contributed by atoms with van der Waals surface area (Å²) in [6.45, 7) is 5.68. The average molecular weight is 291 g/mol. The third-order valence-electron chi connectivity index (χ3n) is 2.96. The summed E-state index contributed by atoms with van der Waals surface area (Å²) in [6.07, 6.45) is 3.32. The molecule has 1 N–H and O–H groups in total. The molecule has 1 aliphatic rings. The van der Waals surface area contributed by atoms with Crippen LogP contribution in [0.25, 0.3) is 0 Å². The Morgan fingerprint density at radius 3 is 2.86 bits per heavy atom. The Hall–Kier alpha value is -2.13. The smallest absolute Gasteiger partial charge is 0.344 e. The van der Waals surface area contributed by atoms with Gasteiger partial charge in [0, 0.05) is 12.7 Å². The Labute approximate surface area is 125 Å². The number of nitrogens with one attached hydrogen (secondary N) is 1. The van der Waals surface area contributed by atoms with Gasteiger partial charge in [-0.25, -0.2) is 9.78 Å². The zero-order valence-electron chi connectivity index (χ0n) is 12.7. The molecule has 1 fully saturated rings. The monoisotopic (exact) mass is 291 g/mol. The second-order valence-electron chi connectivity index (χ2n) is 4.23. The molecular weight excluding hydrogens is 270 g/mol. The van der Waals surface area contributed by atoms with E-state index in [2.05, 4.69) is 15.0 Å². The number of nitrogens with zero attached hydrogens (tertiary/aromatic N) is 2. The maximum Gasteiger partial charge on any atom is 0.344 e. The number of carbonyl (C=O) groups is 1. The SMILES string of the molecule is CC.COC(=O)c1c(C#N)ccnc1O[C@@H]1CCCNC1. The minimum absolute atomic E-state index is 0.0430. The van der Waals surface area contributed by atoms with E-state index in [0.29, 0.717) is 6.54 Å². The van der Waals surface area contributed by atoms with Gasteiger partial charge in [0.2, 0.25) is 5.88 Å². The summed E-state index contributed by atoms with van der Waals surface area (Å²) in [5, 5.41) is 12.3. The maximum atomic E-state index is 11.7. The lowest BCUT2D eigenvalue weighted by Crippen LogP contribution is -2.37. The third kappa shape index (κ3) is 4.43. The van der Waals surface area contributed by atoms with Crippen LogP contribution in [0, 0.1) is 11.3 Å². The van der Waals surface area contributed by atoms with E-state index in [4.69, 9.17) is 10.00 Å². The molecule has 1 atom stereocenters. The molecule has 0 aromatic carbocycles. The van der Waals surface area contributed by atoms with Crippen LogP contribution in [-0.2, 0) is 4.74 Å². The van der Waals surface area contributed by atoms with Gasteiger partial charge in [-0.1, -0.05) is 13.8 Å². The van der Waals surface area contributed by atoms with Gasteiger partial charge in [0.1, 0.15) is 17.7 Å². The van der Waals surface area contributed by atoms with Crippen LogP contribution in [0.3, 0.4) is 0 Å². The van der Waals surface area contributed by atoms with Gasteiger partial charge >= 0.3 is 5.97 Å². The van der Waals surface area contributed by atoms with E-state index in [9.17, 15) is 4.79 Å². The zero-order chi connectivity index (χ0) is 15.7. The minimum atomic E-state index is -0.608. The molecule has 21 heavy (non-hydrogen) atoms. The van der Waals surface area contributed by atoms with Crippen LogP contribution in [0.1, 0.15) is 42.6 Å². The maximum absolute atomic E-state index is 11.7. The Morgan fingerprint density at radius 2 is 2.29 bits per heavy atom. The first kappa shape index (κ1) is 16.9. The Morgan fingerprint density at radius 1 is 1.52 bits per heavy atom. The highest BCUT2D eigenvalue weighted by molar-refractivity contribution is 5.94. The van der Waals surface area contributed by atoms with Crippen LogP contribution in [0.4, 0.5) is 0 Å². The molecule has 1 aromatic heterocycles. The first-order valence-electron chi connectivity index (χ1n) is 7.11. The summed E-state index contributed by atoms with van der Waals surface area (Å²) < 4.78 is 10.4. The molecule has 0 spiro atoms. The van der Waals surface area contributed by atoms with Gasteiger partial charge in [-0.2, -0.15) is 5.26 Å². The zero-order valence-corrected chi connectivity index (χ0v) is 12.7. The number of pyridine rings is 1. The van der Waals surface area contributed by atoms with Gasteiger partial charge < -0.3 is 14.8 Å². The second kappa shape index (κ2) is 8.93. The van der Waals surface area contributed by atoms with Crippen molar-refractivity contribution in [1.82, 2.24) is 10.3 Å². The molecule has 6 nitrogen and oxygen atoms in total. The van der Waals surface area contributed by atoms with E-state index in [1.807, 2.05) is 19.9 Å². The Balaban J connectivity index is 0.00000106. The first-order valence-corrected chi connectivity index (χ1v) is 7.11. The normalized spacial score (nSPS) is 17.0. The molecule has 0 unspecified atom stereocenters. The van der Waals surface area contributed by atoms with Crippen molar-refractivity contribution in [3.05, 3.63) is 23.4 Å². The molecule has 114 valence electrons. The minimum Gasteiger partial charge on any atom is -0.472 e. The molecule has 2 rings (SSSR count). The molecule has 0 aliphatic carbocycles. The van der Waals surface area contributed by atoms with E-state index in [1.165, 1.54) is 19.4 Å². The van der Waals surface area contributed by atoms with Crippen LogP contribution < -0.4 is 10.1 Å². The summed E-state index contributed by atoms with van der Waals surface area (Å²) in [5.41, 5.74) is 0.304. The van der Waals surface area contributed by atoms with Gasteiger partial charge in [-0.3, -0.25) is 0 Å². The van der Waals surface area contributed by atoms with Gasteiger partial charge in [0.25, 0.3) is 0 Å². The Bertz CT molecular complexity index is 505. The molecule has 0 amide bonds. The van der Waals surface area contributed by atoms with Crippen LogP contribution in [-0.4, -0.2) is 37.3 Å². The number of carbonyl (C=O) groups excluding carboxylic acids is 1. The number of rotatable bonds is 3. The average Bonchev–Trinajstić information content (AvgIpc) is 2.56. The molecule has 6 heteroatoms. The molecular formula is C15H21N3O3. The van der Waals surface area contributed by atoms with Crippen LogP contribution in [0.5, 0.6) is 5.88 Å². The Kier molecular flexibility index (Phi) is 7.19. The fourth-order valence-corrected chi connectivity index (χ4v) is 2.00. The van der Waals surface area contributed by atoms with E-state index >= 15 is 0 Å². The van der Waals surface area contributed by atoms with Crippen molar-refractivity contribution in [2.45, 2.75) is 32.8 Å². The summed E-state index contributed by atoms with van der Waals surface area (Å²) in [7, 11) is 1.27. The van der Waals surface area contributed by atoms with Crippen molar-refractivity contribution in [3.63, 3.8) is 0 Å². The number of nitriles is 1. The lowest BCUT2D eigenvalue weighted by atomic mass is 10.1. The number of ether oxygens (including phenoxy) is 2. The number of hydrogen-bond donors (Lipinski definition) is 1. The van der Waals surface area contributed by atoms with Crippen molar-refractivity contribution >= 4 is 5.97 Å². The van der Waals surface area contributed by atoms with Crippen molar-refractivity contribution < 1.29 is 14.3 Å². The summed E-state index contributed by atoms with van der Waals surface area (Å²) in [6, 6.07) is 3.42. The van der Waals surface area contributed by atoms with Crippen molar-refractivity contribution in [3.8, 4) is 11.9 Å². The van der Waals surface area contributed by atoms with Gasteiger partial charge in [0.15, 0.2) is 0 Å². The molecule has 1 aliphatic heterocycles. The molecule has 2 heterocycles. The van der Waals surface area contributed by atoms with Gasteiger partial charge in [-0.05, 0) is 25.5 Å². The lowest BCUT2D eigenvalue weighted by Gasteiger charge is -2.24. The number of methoxy groups -OCH3 is 1. The summed E-state index contributed by atoms with van der Waals surface area (Å²) in [5.74, 6) is -0.442. The first-order chi connectivity index (χ1) is 10.3. The highest BCUT2D eigenvalue weighted by Crippen LogP contribution is 2.22. The number of hydrogen-bond acceptors (Lipinski definition) is 6. The molecule has 0 radical (unpaired) electrons. The third-order valence-corrected chi connectivity index (χ3v) is 2.96. The second-order valence-corrected chi connectivity index (χ2v) is 4.23. The highest BCUT2D eigenvalue weighted by Gasteiger charge is 2.23. The van der Waals surface area contributed by atoms with E-state index < -0.39 is 5.97 Å².